The second kappa shape index (κ2) is 4.66. The highest BCUT2D eigenvalue weighted by molar-refractivity contribution is 7.89. The molecule has 1 saturated carbocycles. The van der Waals surface area contributed by atoms with E-state index >= 15 is 0 Å². The lowest BCUT2D eigenvalue weighted by atomic mass is 10.2. The van der Waals surface area contributed by atoms with Gasteiger partial charge in [-0.2, -0.15) is 0 Å². The number of sulfonamides is 1. The Balaban J connectivity index is 2.04. The van der Waals surface area contributed by atoms with Crippen LogP contribution in [0.5, 0.6) is 0 Å². The van der Waals surface area contributed by atoms with Gasteiger partial charge in [-0.05, 0) is 37.0 Å². The monoisotopic (exact) mass is 254 g/mol. The molecule has 0 unspecified atom stereocenters. The third-order valence-electron chi connectivity index (χ3n) is 3.10. The first kappa shape index (κ1) is 12.4. The number of benzene rings is 1. The van der Waals surface area contributed by atoms with Crippen LogP contribution < -0.4 is 10.5 Å². The van der Waals surface area contributed by atoms with Gasteiger partial charge in [-0.25, -0.2) is 13.1 Å². The van der Waals surface area contributed by atoms with Crippen LogP contribution in [0.1, 0.15) is 24.8 Å². The molecule has 94 valence electrons. The highest BCUT2D eigenvalue weighted by Crippen LogP contribution is 2.31. The molecule has 1 aromatic rings. The Morgan fingerprint density at radius 2 is 2.12 bits per heavy atom. The van der Waals surface area contributed by atoms with E-state index in [0.717, 1.165) is 17.9 Å². The quantitative estimate of drug-likeness (QED) is 0.785. The summed E-state index contributed by atoms with van der Waals surface area (Å²) in [4.78, 5) is 0.247. The van der Waals surface area contributed by atoms with Crippen molar-refractivity contribution in [3.63, 3.8) is 0 Å². The number of anilines is 1. The van der Waals surface area contributed by atoms with Crippen molar-refractivity contribution in [1.82, 2.24) is 4.72 Å². The molecule has 0 bridgehead atoms. The Hall–Kier alpha value is -1.07. The van der Waals surface area contributed by atoms with Gasteiger partial charge in [0, 0.05) is 12.2 Å². The van der Waals surface area contributed by atoms with E-state index in [9.17, 15) is 8.42 Å². The predicted molar refractivity (Wildman–Crippen MR) is 68.1 cm³/mol. The minimum absolute atomic E-state index is 0.247. The van der Waals surface area contributed by atoms with E-state index < -0.39 is 10.0 Å². The number of hydrogen-bond donors (Lipinski definition) is 2. The fourth-order valence-corrected chi connectivity index (χ4v) is 2.76. The van der Waals surface area contributed by atoms with E-state index in [0.29, 0.717) is 12.2 Å². The van der Waals surface area contributed by atoms with Gasteiger partial charge in [-0.3, -0.25) is 0 Å². The third-order valence-corrected chi connectivity index (χ3v) is 4.56. The summed E-state index contributed by atoms with van der Waals surface area (Å²) in [6.45, 7) is 2.37. The van der Waals surface area contributed by atoms with Crippen LogP contribution in [-0.4, -0.2) is 15.0 Å². The summed E-state index contributed by atoms with van der Waals surface area (Å²) in [6, 6.07) is 4.82. The average molecular weight is 254 g/mol. The minimum Gasteiger partial charge on any atom is -0.398 e. The summed E-state index contributed by atoms with van der Waals surface area (Å²) in [7, 11) is -3.40. The van der Waals surface area contributed by atoms with E-state index in [1.54, 1.807) is 12.1 Å². The van der Waals surface area contributed by atoms with E-state index in [1.807, 2.05) is 6.92 Å². The molecule has 0 radical (unpaired) electrons. The summed E-state index contributed by atoms with van der Waals surface area (Å²) in [5.74, 6) is 0.723. The van der Waals surface area contributed by atoms with Gasteiger partial charge in [-0.1, -0.05) is 18.9 Å². The molecule has 1 fully saturated rings. The van der Waals surface area contributed by atoms with Crippen molar-refractivity contribution in [2.45, 2.75) is 31.1 Å². The maximum Gasteiger partial charge on any atom is 0.240 e. The van der Waals surface area contributed by atoms with Crippen LogP contribution in [0.3, 0.4) is 0 Å². The molecule has 1 aromatic carbocycles. The molecule has 4 nitrogen and oxygen atoms in total. The van der Waals surface area contributed by atoms with Gasteiger partial charge >= 0.3 is 0 Å². The van der Waals surface area contributed by atoms with Crippen molar-refractivity contribution in [3.8, 4) is 0 Å². The Morgan fingerprint density at radius 3 is 2.71 bits per heavy atom. The SMILES string of the molecule is Cc1ccc(S(=O)(=O)NCCC2CC2)cc1N. The highest BCUT2D eigenvalue weighted by Gasteiger charge is 2.22. The molecule has 1 aliphatic carbocycles. The average Bonchev–Trinajstić information content (AvgIpc) is 3.05. The van der Waals surface area contributed by atoms with Crippen LogP contribution in [0.2, 0.25) is 0 Å². The van der Waals surface area contributed by atoms with Gasteiger partial charge in [-0.15, -0.1) is 0 Å². The number of aryl methyl sites for hydroxylation is 1. The molecule has 0 spiro atoms. The number of nitrogens with two attached hydrogens (primary N) is 1. The summed E-state index contributed by atoms with van der Waals surface area (Å²) in [5.41, 5.74) is 7.11. The lowest BCUT2D eigenvalue weighted by Gasteiger charge is -2.08. The first-order valence-corrected chi connectivity index (χ1v) is 7.33. The standard InChI is InChI=1S/C12H18N2O2S/c1-9-2-5-11(8-12(9)13)17(15,16)14-7-6-10-3-4-10/h2,5,8,10,14H,3-4,6-7,13H2,1H3. The lowest BCUT2D eigenvalue weighted by molar-refractivity contribution is 0.575. The second-order valence-corrected chi connectivity index (χ2v) is 6.42. The first-order valence-electron chi connectivity index (χ1n) is 5.85. The zero-order valence-electron chi connectivity index (χ0n) is 9.94. The molecular weight excluding hydrogens is 236 g/mol. The topological polar surface area (TPSA) is 72.2 Å². The predicted octanol–water partition coefficient (Wildman–Crippen LogP) is 1.66. The van der Waals surface area contributed by atoms with Gasteiger partial charge in [0.15, 0.2) is 0 Å². The van der Waals surface area contributed by atoms with Crippen molar-refractivity contribution < 1.29 is 8.42 Å². The first-order chi connectivity index (χ1) is 7.99. The number of hydrogen-bond acceptors (Lipinski definition) is 3. The lowest BCUT2D eigenvalue weighted by Crippen LogP contribution is -2.25. The fourth-order valence-electron chi connectivity index (χ4n) is 1.67. The fraction of sp³-hybridized carbons (Fsp3) is 0.500. The van der Waals surface area contributed by atoms with Crippen LogP contribution in [0.4, 0.5) is 5.69 Å². The second-order valence-electron chi connectivity index (χ2n) is 4.65. The molecule has 0 aliphatic heterocycles. The largest absolute Gasteiger partial charge is 0.398 e. The summed E-state index contributed by atoms with van der Waals surface area (Å²) >= 11 is 0. The Labute approximate surface area is 102 Å². The van der Waals surface area contributed by atoms with Crippen LogP contribution in [0.25, 0.3) is 0 Å². The van der Waals surface area contributed by atoms with E-state index in [2.05, 4.69) is 4.72 Å². The van der Waals surface area contributed by atoms with Crippen LogP contribution in [0.15, 0.2) is 23.1 Å². The molecule has 0 amide bonds. The molecular formula is C12H18N2O2S. The van der Waals surface area contributed by atoms with Gasteiger partial charge in [0.05, 0.1) is 4.90 Å². The third kappa shape index (κ3) is 3.20. The Morgan fingerprint density at radius 1 is 1.41 bits per heavy atom. The molecule has 1 aliphatic rings. The zero-order chi connectivity index (χ0) is 12.5. The molecule has 0 atom stereocenters. The van der Waals surface area contributed by atoms with E-state index in [4.69, 9.17) is 5.73 Å². The summed E-state index contributed by atoms with van der Waals surface area (Å²) < 4.78 is 26.5. The van der Waals surface area contributed by atoms with Gasteiger partial charge in [0.1, 0.15) is 0 Å². The highest BCUT2D eigenvalue weighted by atomic mass is 32.2. The van der Waals surface area contributed by atoms with Crippen molar-refractivity contribution >= 4 is 15.7 Å². The van der Waals surface area contributed by atoms with Crippen LogP contribution in [-0.2, 0) is 10.0 Å². The summed E-state index contributed by atoms with van der Waals surface area (Å²) in [5, 5.41) is 0. The van der Waals surface area contributed by atoms with Crippen molar-refractivity contribution in [2.75, 3.05) is 12.3 Å². The molecule has 17 heavy (non-hydrogen) atoms. The van der Waals surface area contributed by atoms with Crippen LogP contribution >= 0.6 is 0 Å². The molecule has 0 aromatic heterocycles. The summed E-state index contributed by atoms with van der Waals surface area (Å²) in [6.07, 6.45) is 3.40. The van der Waals surface area contributed by atoms with Gasteiger partial charge in [0.2, 0.25) is 10.0 Å². The molecule has 5 heteroatoms. The number of nitrogens with one attached hydrogen (secondary N) is 1. The van der Waals surface area contributed by atoms with E-state index in [-0.39, 0.29) is 4.90 Å². The van der Waals surface area contributed by atoms with E-state index in [1.165, 1.54) is 18.9 Å². The Kier molecular flexibility index (Phi) is 3.40. The van der Waals surface area contributed by atoms with Gasteiger partial charge in [0.25, 0.3) is 0 Å². The van der Waals surface area contributed by atoms with Crippen molar-refractivity contribution in [2.24, 2.45) is 5.92 Å². The van der Waals surface area contributed by atoms with Gasteiger partial charge < -0.3 is 5.73 Å². The Bertz CT molecular complexity index is 507. The van der Waals surface area contributed by atoms with Crippen LogP contribution in [0, 0.1) is 12.8 Å². The van der Waals surface area contributed by atoms with Crippen molar-refractivity contribution in [3.05, 3.63) is 23.8 Å². The minimum atomic E-state index is -3.40. The number of nitrogen functional groups attached to an aromatic ring is 1. The maximum absolute atomic E-state index is 11.9. The maximum atomic E-state index is 11.9. The zero-order valence-corrected chi connectivity index (χ0v) is 10.8. The smallest absolute Gasteiger partial charge is 0.240 e. The van der Waals surface area contributed by atoms with Crippen molar-refractivity contribution in [1.29, 1.82) is 0 Å². The molecule has 0 heterocycles. The normalized spacial score (nSPS) is 16.1. The molecule has 3 N–H and O–H groups in total. The molecule has 0 saturated heterocycles. The number of rotatable bonds is 5. The molecule has 2 rings (SSSR count).